The van der Waals surface area contributed by atoms with E-state index in [2.05, 4.69) is 41.0 Å². The summed E-state index contributed by atoms with van der Waals surface area (Å²) in [5.41, 5.74) is 11.9. The Morgan fingerprint density at radius 1 is 0.333 bits per heavy atom. The van der Waals surface area contributed by atoms with Crippen molar-refractivity contribution in [3.05, 3.63) is 338 Å². The van der Waals surface area contributed by atoms with Gasteiger partial charge in [0.2, 0.25) is 0 Å². The Bertz CT molecular complexity index is 6570. The van der Waals surface area contributed by atoms with E-state index in [0.29, 0.717) is 56.9 Å². The number of para-hydroxylation sites is 4. The van der Waals surface area contributed by atoms with Gasteiger partial charge >= 0.3 is 0 Å². The molecule has 0 unspecified atom stereocenters. The zero-order valence-corrected chi connectivity index (χ0v) is 59.5. The van der Waals surface area contributed by atoms with Gasteiger partial charge in [-0.3, -0.25) is 19.9 Å². The number of fused-ring (bicyclic) bond motifs is 9. The van der Waals surface area contributed by atoms with Gasteiger partial charge in [0, 0.05) is 128 Å². The van der Waals surface area contributed by atoms with Crippen molar-refractivity contribution in [3.63, 3.8) is 0 Å². The lowest BCUT2D eigenvalue weighted by Gasteiger charge is -2.14. The Labute approximate surface area is 621 Å². The molecule has 0 aliphatic rings. The quantitative estimate of drug-likeness (QED) is 0.136. The number of furan rings is 1. The van der Waals surface area contributed by atoms with Crippen molar-refractivity contribution in [1.82, 2.24) is 58.1 Å². The third-order valence-corrected chi connectivity index (χ3v) is 21.2. The van der Waals surface area contributed by atoms with E-state index in [1.807, 2.05) is 275 Å². The Balaban J connectivity index is 0.000000102. The van der Waals surface area contributed by atoms with Crippen molar-refractivity contribution in [2.75, 3.05) is 0 Å². The molecule has 0 bridgehead atoms. The normalized spacial score (nSPS) is 11.5. The fraction of sp³-hybridized carbons (Fsp3) is 0.0337. The van der Waals surface area contributed by atoms with Crippen LogP contribution in [0.3, 0.4) is 0 Å². The lowest BCUT2D eigenvalue weighted by molar-refractivity contribution is 0.537. The average Bonchev–Trinajstić information content (AvgIpc) is 1.42. The summed E-state index contributed by atoms with van der Waals surface area (Å²) in [5, 5.41) is 11.1. The number of hydrogen-bond acceptors (Lipinski definition) is 11. The number of aryl methyl sites for hydroxylation is 3. The molecule has 0 N–H and O–H groups in total. The highest BCUT2D eigenvalue weighted by Gasteiger charge is 2.26. The van der Waals surface area contributed by atoms with Crippen LogP contribution >= 0.6 is 22.7 Å². The molecule has 19 heteroatoms. The van der Waals surface area contributed by atoms with Crippen molar-refractivity contribution < 1.29 is 22.0 Å². The van der Waals surface area contributed by atoms with Gasteiger partial charge in [0.15, 0.2) is 29.0 Å². The molecule has 13 nitrogen and oxygen atoms in total. The van der Waals surface area contributed by atoms with Gasteiger partial charge in [0.1, 0.15) is 28.5 Å². The van der Waals surface area contributed by atoms with Crippen LogP contribution in [-0.4, -0.2) is 58.1 Å². The maximum atomic E-state index is 16.1. The minimum atomic E-state index is -0.410. The molecule has 0 aliphatic heterocycles. The number of aromatic nitrogens is 12. The van der Waals surface area contributed by atoms with E-state index in [-0.39, 0.29) is 23.1 Å². The summed E-state index contributed by atoms with van der Waals surface area (Å²) in [4.78, 5) is 37.9. The van der Waals surface area contributed by atoms with E-state index in [1.54, 1.807) is 67.0 Å². The lowest BCUT2D eigenvalue weighted by Crippen LogP contribution is -2.02. The molecule has 0 saturated heterocycles. The average molecular weight is 1450 g/mol. The number of thiophene rings is 2. The van der Waals surface area contributed by atoms with Crippen molar-refractivity contribution in [2.45, 2.75) is 20.8 Å². The predicted molar refractivity (Wildman–Crippen MR) is 427 cm³/mol. The minimum absolute atomic E-state index is 0.211. The fourth-order valence-electron chi connectivity index (χ4n) is 14.0. The Hall–Kier alpha value is -13.6. The van der Waals surface area contributed by atoms with Gasteiger partial charge in [-0.1, -0.05) is 109 Å². The first-order valence-corrected chi connectivity index (χ1v) is 36.3. The van der Waals surface area contributed by atoms with Crippen LogP contribution in [0.1, 0.15) is 16.2 Å². The summed E-state index contributed by atoms with van der Waals surface area (Å²) >= 11 is 3.06. The van der Waals surface area contributed by atoms with Gasteiger partial charge < -0.3 is 22.7 Å². The molecule has 21 aromatic rings. The highest BCUT2D eigenvalue weighted by molar-refractivity contribution is 7.15. The smallest absolute Gasteiger partial charge is 0.177 e. The molecule has 520 valence electrons. The van der Waals surface area contributed by atoms with Crippen LogP contribution in [0.2, 0.25) is 0 Å². The second-order valence-corrected chi connectivity index (χ2v) is 28.1. The first-order valence-electron chi connectivity index (χ1n) is 34.6. The number of nitrogens with zero attached hydrogens (tertiary/aromatic N) is 12. The first-order chi connectivity index (χ1) is 53.0. The molecular formula is C89H58F4N12OS2. The molecule has 0 fully saturated rings. The van der Waals surface area contributed by atoms with Crippen LogP contribution in [0.15, 0.2) is 303 Å². The molecule has 15 aromatic heterocycles. The summed E-state index contributed by atoms with van der Waals surface area (Å²) < 4.78 is 76.3. The van der Waals surface area contributed by atoms with Crippen LogP contribution in [0, 0.1) is 44.0 Å². The van der Waals surface area contributed by atoms with Crippen LogP contribution in [-0.2, 0) is 0 Å². The molecule has 0 radical (unpaired) electrons. The first kappa shape index (κ1) is 66.3. The molecular weight excluding hydrogens is 1390 g/mol. The summed E-state index contributed by atoms with van der Waals surface area (Å²) in [6, 6.07) is 69.4. The van der Waals surface area contributed by atoms with Crippen molar-refractivity contribution in [1.29, 1.82) is 0 Å². The van der Waals surface area contributed by atoms with E-state index in [0.717, 1.165) is 118 Å². The molecule has 0 atom stereocenters. The molecule has 108 heavy (non-hydrogen) atoms. The van der Waals surface area contributed by atoms with Gasteiger partial charge in [-0.15, -0.1) is 22.7 Å². The zero-order valence-electron chi connectivity index (χ0n) is 57.9. The third kappa shape index (κ3) is 12.0. The van der Waals surface area contributed by atoms with Gasteiger partial charge in [-0.25, -0.2) is 37.5 Å². The monoisotopic (exact) mass is 1450 g/mol. The van der Waals surface area contributed by atoms with Crippen molar-refractivity contribution >= 4 is 121 Å². The van der Waals surface area contributed by atoms with Crippen LogP contribution in [0.4, 0.5) is 17.6 Å². The van der Waals surface area contributed by atoms with E-state index in [4.69, 9.17) is 9.40 Å². The van der Waals surface area contributed by atoms with Gasteiger partial charge in [-0.05, 0) is 152 Å². The summed E-state index contributed by atoms with van der Waals surface area (Å²) in [5.74, 6) is -0.219. The van der Waals surface area contributed by atoms with Crippen molar-refractivity contribution in [2.24, 2.45) is 0 Å². The molecule has 6 aromatic carbocycles. The lowest BCUT2D eigenvalue weighted by atomic mass is 10.0. The Morgan fingerprint density at radius 2 is 0.722 bits per heavy atom. The number of benzene rings is 6. The summed E-state index contributed by atoms with van der Waals surface area (Å²) in [7, 11) is 0. The maximum absolute atomic E-state index is 16.1. The predicted octanol–water partition coefficient (Wildman–Crippen LogP) is 23.3. The number of pyridine rings is 8. The summed E-state index contributed by atoms with van der Waals surface area (Å²) in [6.07, 6.45) is 21.5. The van der Waals surface area contributed by atoms with E-state index in [1.165, 1.54) is 11.3 Å². The number of halogens is 4. The fourth-order valence-corrected chi connectivity index (χ4v) is 15.8. The Kier molecular flexibility index (Phi) is 17.1. The minimum Gasteiger partial charge on any atom is -0.460 e. The highest BCUT2D eigenvalue weighted by atomic mass is 32.1. The molecule has 0 aliphatic carbocycles. The van der Waals surface area contributed by atoms with Gasteiger partial charge in [-0.2, -0.15) is 0 Å². The second-order valence-electron chi connectivity index (χ2n) is 25.9. The molecule has 0 saturated carbocycles. The van der Waals surface area contributed by atoms with Gasteiger partial charge in [0.25, 0.3) is 0 Å². The van der Waals surface area contributed by atoms with Crippen LogP contribution < -0.4 is 0 Å². The Morgan fingerprint density at radius 3 is 1.13 bits per heavy atom. The van der Waals surface area contributed by atoms with Gasteiger partial charge in [0.05, 0.1) is 76.6 Å². The summed E-state index contributed by atoms with van der Waals surface area (Å²) in [6.45, 7) is 5.85. The van der Waals surface area contributed by atoms with Crippen LogP contribution in [0.5, 0.6) is 0 Å². The van der Waals surface area contributed by atoms with Crippen LogP contribution in [0.25, 0.3) is 165 Å². The van der Waals surface area contributed by atoms with Crippen molar-refractivity contribution in [3.8, 4) is 66.6 Å². The standard InChI is InChI=1S/C26H16FN3.C21H14FN3O.2C21H14FN3S/c27-24-25(19-10-9-17-5-1-2-6-18(17)15-19)29-22-8-4-3-7-21(22)26(24)30-14-12-20-16-28-13-11-23(20)30;1-13-6-7-18(26-13)20-19(22)21(15-4-2-3-5-16(15)24-20)25-11-9-14-12-23-10-8-17(14)25;1-13-10-18(26-12-13)20-19(22)21(15-4-2-3-5-16(15)24-20)25-9-7-14-11-23-8-6-17(14)25;1-13-6-7-18(26-13)20-19(22)21(15-4-2-3-5-16(15)24-20)25-11-9-14-12-23-10-8-17(14)25/h1-16H;3*2-12H,1H3. The highest BCUT2D eigenvalue weighted by Crippen LogP contribution is 2.41. The molecule has 0 spiro atoms. The topological polar surface area (TPSA) is 136 Å². The number of rotatable bonds is 8. The van der Waals surface area contributed by atoms with E-state index < -0.39 is 5.82 Å². The molecule has 15 heterocycles. The zero-order chi connectivity index (χ0) is 73.1. The SMILES string of the molecule is Cc1ccc(-c2nc3ccccc3c(-n3ccc4cnccc43)c2F)o1.Cc1ccc(-c2nc3ccccc3c(-n3ccc4cnccc43)c2F)s1.Cc1csc(-c2nc3ccccc3c(-n3ccc4cnccc43)c2F)c1.Fc1c(-c2ccc3ccccc3c2)nc2ccccc2c1-n1ccc2cnccc21. The maximum Gasteiger partial charge on any atom is 0.177 e. The van der Waals surface area contributed by atoms with E-state index in [9.17, 15) is 0 Å². The second kappa shape index (κ2) is 27.8. The van der Waals surface area contributed by atoms with E-state index >= 15 is 17.6 Å². The largest absolute Gasteiger partial charge is 0.460 e. The molecule has 21 rings (SSSR count). The number of hydrogen-bond donors (Lipinski definition) is 0. The third-order valence-electron chi connectivity index (χ3n) is 19.1. The molecule has 0 amide bonds.